The highest BCUT2D eigenvalue weighted by Crippen LogP contribution is 2.21. The lowest BCUT2D eigenvalue weighted by atomic mass is 10.1. The van der Waals surface area contributed by atoms with E-state index in [-0.39, 0.29) is 0 Å². The Morgan fingerprint density at radius 2 is 2.17 bits per heavy atom. The van der Waals surface area contributed by atoms with E-state index < -0.39 is 0 Å². The second kappa shape index (κ2) is 4.57. The van der Waals surface area contributed by atoms with Gasteiger partial charge >= 0.3 is 0 Å². The molecule has 3 heterocycles. The Kier molecular flexibility index (Phi) is 2.91. The summed E-state index contributed by atoms with van der Waals surface area (Å²) in [6.07, 6.45) is 4.01. The summed E-state index contributed by atoms with van der Waals surface area (Å²) in [5.41, 5.74) is 3.03. The minimum Gasteiger partial charge on any atom is -0.381 e. The topological polar surface area (TPSA) is 52.0 Å². The molecule has 5 nitrogen and oxygen atoms in total. The minimum atomic E-state index is 0.495. The van der Waals surface area contributed by atoms with Crippen molar-refractivity contribution in [2.45, 2.75) is 25.8 Å². The van der Waals surface area contributed by atoms with Crippen LogP contribution in [-0.2, 0) is 11.8 Å². The first-order valence-corrected chi connectivity index (χ1v) is 6.37. The van der Waals surface area contributed by atoms with Gasteiger partial charge in [-0.15, -0.1) is 0 Å². The number of nitrogens with zero attached hydrogens (tertiary/aromatic N) is 3. The summed E-state index contributed by atoms with van der Waals surface area (Å²) in [6, 6.07) is 2.63. The van der Waals surface area contributed by atoms with E-state index in [0.29, 0.717) is 6.04 Å². The number of ether oxygens (including phenoxy) is 1. The molecule has 1 fully saturated rings. The van der Waals surface area contributed by atoms with Crippen LogP contribution in [0.4, 0.5) is 5.69 Å². The summed E-state index contributed by atoms with van der Waals surface area (Å²) < 4.78 is 7.18. The highest BCUT2D eigenvalue weighted by molar-refractivity contribution is 5.81. The fourth-order valence-electron chi connectivity index (χ4n) is 2.46. The molecule has 0 spiro atoms. The van der Waals surface area contributed by atoms with E-state index in [9.17, 15) is 0 Å². The maximum Gasteiger partial charge on any atom is 0.157 e. The van der Waals surface area contributed by atoms with Crippen LogP contribution in [0.5, 0.6) is 0 Å². The van der Waals surface area contributed by atoms with Crippen molar-refractivity contribution in [3.63, 3.8) is 0 Å². The zero-order valence-electron chi connectivity index (χ0n) is 10.8. The zero-order chi connectivity index (χ0) is 12.5. The van der Waals surface area contributed by atoms with Crippen molar-refractivity contribution in [1.29, 1.82) is 0 Å². The number of rotatable bonds is 2. The van der Waals surface area contributed by atoms with Gasteiger partial charge in [0.15, 0.2) is 5.65 Å². The first kappa shape index (κ1) is 11.5. The molecule has 1 N–H and O–H groups in total. The van der Waals surface area contributed by atoms with E-state index in [1.165, 1.54) is 0 Å². The number of aryl methyl sites for hydroxylation is 2. The van der Waals surface area contributed by atoms with Gasteiger partial charge in [0.1, 0.15) is 0 Å². The predicted octanol–water partition coefficient (Wildman–Crippen LogP) is 1.87. The van der Waals surface area contributed by atoms with E-state index in [1.807, 2.05) is 24.9 Å². The number of nitrogens with one attached hydrogen (secondary N) is 1. The highest BCUT2D eigenvalue weighted by atomic mass is 16.5. The Balaban J connectivity index is 1.86. The van der Waals surface area contributed by atoms with Gasteiger partial charge in [0.05, 0.1) is 17.6 Å². The molecule has 2 aromatic heterocycles. The van der Waals surface area contributed by atoms with Crippen molar-refractivity contribution in [3.8, 4) is 0 Å². The van der Waals surface area contributed by atoms with Crippen molar-refractivity contribution in [2.75, 3.05) is 18.5 Å². The Labute approximate surface area is 106 Å². The SMILES string of the molecule is Cc1nn(C)c2ncc(NC3CCOCC3)cc12. The van der Waals surface area contributed by atoms with E-state index >= 15 is 0 Å². The van der Waals surface area contributed by atoms with E-state index in [2.05, 4.69) is 21.5 Å². The Bertz CT molecular complexity index is 557. The summed E-state index contributed by atoms with van der Waals surface area (Å²) in [4.78, 5) is 4.47. The quantitative estimate of drug-likeness (QED) is 0.879. The summed E-state index contributed by atoms with van der Waals surface area (Å²) in [5, 5.41) is 9.03. The Morgan fingerprint density at radius 3 is 2.94 bits per heavy atom. The van der Waals surface area contributed by atoms with Crippen LogP contribution in [0, 0.1) is 6.92 Å². The number of fused-ring (bicyclic) bond motifs is 1. The molecule has 3 rings (SSSR count). The summed E-state index contributed by atoms with van der Waals surface area (Å²) >= 11 is 0. The summed E-state index contributed by atoms with van der Waals surface area (Å²) in [7, 11) is 1.92. The first-order valence-electron chi connectivity index (χ1n) is 6.37. The van der Waals surface area contributed by atoms with E-state index in [0.717, 1.165) is 48.5 Å². The number of hydrogen-bond acceptors (Lipinski definition) is 4. The number of pyridine rings is 1. The van der Waals surface area contributed by atoms with Crippen LogP contribution < -0.4 is 5.32 Å². The van der Waals surface area contributed by atoms with Gasteiger partial charge in [-0.2, -0.15) is 5.10 Å². The molecular formula is C13H18N4O. The molecule has 0 bridgehead atoms. The average molecular weight is 246 g/mol. The van der Waals surface area contributed by atoms with Crippen molar-refractivity contribution in [1.82, 2.24) is 14.8 Å². The summed E-state index contributed by atoms with van der Waals surface area (Å²) in [6.45, 7) is 3.71. The van der Waals surface area contributed by atoms with Crippen molar-refractivity contribution in [3.05, 3.63) is 18.0 Å². The van der Waals surface area contributed by atoms with Gasteiger partial charge in [-0.3, -0.25) is 4.68 Å². The zero-order valence-corrected chi connectivity index (χ0v) is 10.8. The molecule has 5 heteroatoms. The summed E-state index contributed by atoms with van der Waals surface area (Å²) in [5.74, 6) is 0. The second-order valence-corrected chi connectivity index (χ2v) is 4.84. The van der Waals surface area contributed by atoms with E-state index in [1.54, 1.807) is 0 Å². The second-order valence-electron chi connectivity index (χ2n) is 4.84. The Hall–Kier alpha value is -1.62. The number of aromatic nitrogens is 3. The third kappa shape index (κ3) is 2.06. The molecule has 96 valence electrons. The molecule has 1 saturated heterocycles. The lowest BCUT2D eigenvalue weighted by Gasteiger charge is -2.23. The molecule has 18 heavy (non-hydrogen) atoms. The van der Waals surface area contributed by atoms with Gasteiger partial charge in [-0.25, -0.2) is 4.98 Å². The van der Waals surface area contributed by atoms with Crippen molar-refractivity contribution in [2.24, 2.45) is 7.05 Å². The molecule has 0 unspecified atom stereocenters. The monoisotopic (exact) mass is 246 g/mol. The van der Waals surface area contributed by atoms with Crippen molar-refractivity contribution >= 4 is 16.7 Å². The van der Waals surface area contributed by atoms with Gasteiger partial charge in [-0.1, -0.05) is 0 Å². The van der Waals surface area contributed by atoms with Crippen LogP contribution in [0.1, 0.15) is 18.5 Å². The van der Waals surface area contributed by atoms with Crippen LogP contribution in [0.2, 0.25) is 0 Å². The fraction of sp³-hybridized carbons (Fsp3) is 0.538. The fourth-order valence-corrected chi connectivity index (χ4v) is 2.46. The van der Waals surface area contributed by atoms with Crippen LogP contribution in [0.25, 0.3) is 11.0 Å². The smallest absolute Gasteiger partial charge is 0.157 e. The first-order chi connectivity index (χ1) is 8.74. The van der Waals surface area contributed by atoms with Crippen LogP contribution in [0.15, 0.2) is 12.3 Å². The maximum atomic E-state index is 5.36. The molecule has 0 radical (unpaired) electrons. The van der Waals surface area contributed by atoms with Crippen molar-refractivity contribution < 1.29 is 4.74 Å². The molecule has 1 aliphatic rings. The standard InChI is InChI=1S/C13H18N4O/c1-9-12-7-11(8-14-13(12)17(2)16-9)15-10-3-5-18-6-4-10/h7-8,10,15H,3-6H2,1-2H3. The maximum absolute atomic E-state index is 5.36. The van der Waals surface area contributed by atoms with Gasteiger partial charge < -0.3 is 10.1 Å². The molecular weight excluding hydrogens is 228 g/mol. The molecule has 0 aliphatic carbocycles. The largest absolute Gasteiger partial charge is 0.381 e. The predicted molar refractivity (Wildman–Crippen MR) is 70.7 cm³/mol. The molecule has 0 atom stereocenters. The van der Waals surface area contributed by atoms with Crippen LogP contribution in [0.3, 0.4) is 0 Å². The lowest BCUT2D eigenvalue weighted by Crippen LogP contribution is -2.27. The number of anilines is 1. The molecule has 0 saturated carbocycles. The third-order valence-corrected chi connectivity index (χ3v) is 3.46. The van der Waals surface area contributed by atoms with Crippen LogP contribution >= 0.6 is 0 Å². The number of hydrogen-bond donors (Lipinski definition) is 1. The lowest BCUT2D eigenvalue weighted by molar-refractivity contribution is 0.0904. The third-order valence-electron chi connectivity index (χ3n) is 3.46. The molecule has 2 aromatic rings. The Morgan fingerprint density at radius 1 is 1.39 bits per heavy atom. The van der Waals surface area contributed by atoms with Gasteiger partial charge in [0, 0.05) is 31.7 Å². The molecule has 1 aliphatic heterocycles. The van der Waals surface area contributed by atoms with E-state index in [4.69, 9.17) is 4.74 Å². The van der Waals surface area contributed by atoms with Gasteiger partial charge in [0.2, 0.25) is 0 Å². The van der Waals surface area contributed by atoms with Crippen LogP contribution in [-0.4, -0.2) is 34.0 Å². The van der Waals surface area contributed by atoms with Gasteiger partial charge in [0.25, 0.3) is 0 Å². The normalized spacial score (nSPS) is 17.2. The minimum absolute atomic E-state index is 0.495. The highest BCUT2D eigenvalue weighted by Gasteiger charge is 2.14. The van der Waals surface area contributed by atoms with Gasteiger partial charge in [-0.05, 0) is 25.8 Å². The average Bonchev–Trinajstić information content (AvgIpc) is 2.66. The molecule has 0 amide bonds. The molecule has 0 aromatic carbocycles.